The number of anilines is 1. The molecule has 0 radical (unpaired) electrons. The van der Waals surface area contributed by atoms with E-state index in [-0.39, 0.29) is 4.90 Å². The fourth-order valence-corrected chi connectivity index (χ4v) is 3.55. The Labute approximate surface area is 141 Å². The Balaban J connectivity index is 1.88. The molecule has 1 heterocycles. The van der Waals surface area contributed by atoms with Gasteiger partial charge in [0, 0.05) is 16.9 Å². The van der Waals surface area contributed by atoms with Crippen LogP contribution in [0.4, 0.5) is 5.69 Å². The Kier molecular flexibility index (Phi) is 4.40. The van der Waals surface area contributed by atoms with E-state index in [0.29, 0.717) is 5.69 Å². The third-order valence-electron chi connectivity index (χ3n) is 3.86. The molecule has 0 spiro atoms. The topological polar surface area (TPSA) is 74.8 Å². The van der Waals surface area contributed by atoms with Gasteiger partial charge in [0.05, 0.1) is 16.9 Å². The first-order chi connectivity index (χ1) is 11.5. The van der Waals surface area contributed by atoms with Crippen LogP contribution < -0.4 is 4.72 Å². The van der Waals surface area contributed by atoms with Crippen LogP contribution in [-0.2, 0) is 16.4 Å². The molecule has 0 aliphatic heterocycles. The minimum atomic E-state index is -3.61. The number of nitrogens with one attached hydrogen (secondary N) is 2. The summed E-state index contributed by atoms with van der Waals surface area (Å²) in [5, 5.41) is 0. The van der Waals surface area contributed by atoms with Gasteiger partial charge < -0.3 is 4.98 Å². The predicted octanol–water partition coefficient (Wildman–Crippen LogP) is 3.75. The molecular formula is C18H19N3O2S. The second-order valence-electron chi connectivity index (χ2n) is 5.56. The summed E-state index contributed by atoms with van der Waals surface area (Å²) in [7, 11) is -3.61. The summed E-state index contributed by atoms with van der Waals surface area (Å²) in [5.41, 5.74) is 4.21. The van der Waals surface area contributed by atoms with E-state index in [0.717, 1.165) is 28.9 Å². The molecule has 2 aromatic carbocycles. The maximum Gasteiger partial charge on any atom is 0.261 e. The molecule has 5 nitrogen and oxygen atoms in total. The highest BCUT2D eigenvalue weighted by Crippen LogP contribution is 2.24. The molecular weight excluding hydrogens is 322 g/mol. The fraction of sp³-hybridized carbons (Fsp3) is 0.167. The van der Waals surface area contributed by atoms with Crippen molar-refractivity contribution < 1.29 is 8.42 Å². The van der Waals surface area contributed by atoms with E-state index in [4.69, 9.17) is 0 Å². The molecule has 0 saturated heterocycles. The first kappa shape index (κ1) is 16.3. The number of benzene rings is 2. The van der Waals surface area contributed by atoms with Crippen LogP contribution >= 0.6 is 0 Å². The number of H-pyrrole nitrogens is 1. The number of aromatic amines is 1. The van der Waals surface area contributed by atoms with Gasteiger partial charge in [-0.25, -0.2) is 13.4 Å². The van der Waals surface area contributed by atoms with Crippen LogP contribution in [-0.4, -0.2) is 18.4 Å². The van der Waals surface area contributed by atoms with Crippen LogP contribution in [0.3, 0.4) is 0 Å². The van der Waals surface area contributed by atoms with E-state index in [1.165, 1.54) is 0 Å². The molecule has 0 saturated carbocycles. The van der Waals surface area contributed by atoms with Gasteiger partial charge in [-0.3, -0.25) is 4.72 Å². The Morgan fingerprint density at radius 1 is 1.12 bits per heavy atom. The zero-order valence-corrected chi connectivity index (χ0v) is 14.4. The molecule has 0 aliphatic carbocycles. The average Bonchev–Trinajstić information content (AvgIpc) is 3.01. The van der Waals surface area contributed by atoms with E-state index in [2.05, 4.69) is 14.7 Å². The van der Waals surface area contributed by atoms with Crippen molar-refractivity contribution in [3.63, 3.8) is 0 Å². The van der Waals surface area contributed by atoms with Crippen LogP contribution in [0, 0.1) is 6.92 Å². The highest BCUT2D eigenvalue weighted by molar-refractivity contribution is 7.92. The van der Waals surface area contributed by atoms with Gasteiger partial charge in [-0.05, 0) is 43.2 Å². The Bertz CT molecular complexity index is 944. The lowest BCUT2D eigenvalue weighted by molar-refractivity contribution is 0.601. The van der Waals surface area contributed by atoms with Gasteiger partial charge in [-0.1, -0.05) is 31.2 Å². The Hall–Kier alpha value is -2.60. The number of rotatable bonds is 5. The maximum atomic E-state index is 12.5. The quantitative estimate of drug-likeness (QED) is 0.742. The number of hydrogen-bond acceptors (Lipinski definition) is 3. The lowest BCUT2D eigenvalue weighted by atomic mass is 10.1. The Morgan fingerprint density at radius 3 is 2.50 bits per heavy atom. The summed E-state index contributed by atoms with van der Waals surface area (Å²) in [6, 6.07) is 14.1. The molecule has 0 bridgehead atoms. The van der Waals surface area contributed by atoms with Gasteiger partial charge in [0.2, 0.25) is 0 Å². The van der Waals surface area contributed by atoms with E-state index < -0.39 is 10.0 Å². The first-order valence-corrected chi connectivity index (χ1v) is 9.20. The first-order valence-electron chi connectivity index (χ1n) is 7.72. The van der Waals surface area contributed by atoms with Gasteiger partial charge in [-0.15, -0.1) is 0 Å². The van der Waals surface area contributed by atoms with Crippen molar-refractivity contribution in [3.05, 3.63) is 66.1 Å². The van der Waals surface area contributed by atoms with Gasteiger partial charge in [-0.2, -0.15) is 0 Å². The van der Waals surface area contributed by atoms with Crippen LogP contribution in [0.2, 0.25) is 0 Å². The van der Waals surface area contributed by atoms with E-state index in [1.54, 1.807) is 30.6 Å². The van der Waals surface area contributed by atoms with E-state index >= 15 is 0 Å². The van der Waals surface area contributed by atoms with E-state index in [1.807, 2.05) is 38.1 Å². The largest absolute Gasteiger partial charge is 0.348 e. The van der Waals surface area contributed by atoms with Crippen molar-refractivity contribution in [3.8, 4) is 11.3 Å². The summed E-state index contributed by atoms with van der Waals surface area (Å²) in [6.07, 6.45) is 2.50. The van der Waals surface area contributed by atoms with Crippen molar-refractivity contribution in [1.82, 2.24) is 9.97 Å². The number of hydrogen-bond donors (Lipinski definition) is 2. The molecule has 6 heteroatoms. The second kappa shape index (κ2) is 6.49. The summed E-state index contributed by atoms with van der Waals surface area (Å²) < 4.78 is 27.7. The number of sulfonamides is 1. The summed E-state index contributed by atoms with van der Waals surface area (Å²) in [5.74, 6) is 0. The molecule has 24 heavy (non-hydrogen) atoms. The van der Waals surface area contributed by atoms with Crippen LogP contribution in [0.1, 0.15) is 18.2 Å². The molecule has 0 amide bonds. The summed E-state index contributed by atoms with van der Waals surface area (Å²) in [4.78, 5) is 7.54. The molecule has 3 rings (SSSR count). The second-order valence-corrected chi connectivity index (χ2v) is 7.24. The zero-order valence-electron chi connectivity index (χ0n) is 13.6. The van der Waals surface area contributed by atoms with Crippen LogP contribution in [0.25, 0.3) is 11.3 Å². The predicted molar refractivity (Wildman–Crippen MR) is 95.4 cm³/mol. The normalized spacial score (nSPS) is 11.4. The monoisotopic (exact) mass is 341 g/mol. The van der Waals surface area contributed by atoms with Gasteiger partial charge >= 0.3 is 0 Å². The van der Waals surface area contributed by atoms with Gasteiger partial charge in [0.25, 0.3) is 10.0 Å². The highest BCUT2D eigenvalue weighted by atomic mass is 32.2. The molecule has 0 aliphatic rings. The van der Waals surface area contributed by atoms with Crippen LogP contribution in [0.5, 0.6) is 0 Å². The van der Waals surface area contributed by atoms with Crippen LogP contribution in [0.15, 0.2) is 59.8 Å². The smallest absolute Gasteiger partial charge is 0.261 e. The SMILES string of the molecule is CCc1ccc(S(=O)(=O)Nc2cccc(-c3nc[nH]c3C)c2)cc1. The standard InChI is InChI=1S/C18H19N3O2S/c1-3-14-7-9-17(10-8-14)24(22,23)21-16-6-4-5-15(11-16)18-13(2)19-12-20-18/h4-12,21H,3H2,1-2H3,(H,19,20). The van der Waals surface area contributed by atoms with Crippen molar-refractivity contribution in [2.24, 2.45) is 0 Å². The van der Waals surface area contributed by atoms with Gasteiger partial charge in [0.15, 0.2) is 0 Å². The number of aromatic nitrogens is 2. The third-order valence-corrected chi connectivity index (χ3v) is 5.26. The maximum absolute atomic E-state index is 12.5. The molecule has 3 aromatic rings. The molecule has 1 aromatic heterocycles. The fourth-order valence-electron chi connectivity index (χ4n) is 2.50. The number of aryl methyl sites for hydroxylation is 2. The van der Waals surface area contributed by atoms with Crippen molar-refractivity contribution >= 4 is 15.7 Å². The number of imidazole rings is 1. The lowest BCUT2D eigenvalue weighted by Crippen LogP contribution is -2.13. The lowest BCUT2D eigenvalue weighted by Gasteiger charge is -2.10. The highest BCUT2D eigenvalue weighted by Gasteiger charge is 2.14. The molecule has 0 atom stereocenters. The third kappa shape index (κ3) is 3.33. The molecule has 124 valence electrons. The van der Waals surface area contributed by atoms with E-state index in [9.17, 15) is 8.42 Å². The summed E-state index contributed by atoms with van der Waals surface area (Å²) >= 11 is 0. The van der Waals surface area contributed by atoms with Crippen molar-refractivity contribution in [2.45, 2.75) is 25.2 Å². The molecule has 2 N–H and O–H groups in total. The van der Waals surface area contributed by atoms with Crippen molar-refractivity contribution in [2.75, 3.05) is 4.72 Å². The molecule has 0 fully saturated rings. The van der Waals surface area contributed by atoms with Gasteiger partial charge in [0.1, 0.15) is 0 Å². The Morgan fingerprint density at radius 2 is 1.88 bits per heavy atom. The van der Waals surface area contributed by atoms with Crippen molar-refractivity contribution in [1.29, 1.82) is 0 Å². The summed E-state index contributed by atoms with van der Waals surface area (Å²) in [6.45, 7) is 3.96. The molecule has 0 unspecified atom stereocenters. The minimum Gasteiger partial charge on any atom is -0.348 e. The minimum absolute atomic E-state index is 0.251. The zero-order chi connectivity index (χ0) is 17.2. The average molecular weight is 341 g/mol. The number of nitrogens with zero attached hydrogens (tertiary/aromatic N) is 1.